The van der Waals surface area contributed by atoms with E-state index in [1.165, 1.54) is 0 Å². The smallest absolute Gasteiger partial charge is 0.226 e. The second kappa shape index (κ2) is 7.03. The molecule has 140 valence electrons. The number of aromatic amines is 1. The Morgan fingerprint density at radius 1 is 0.964 bits per heavy atom. The van der Waals surface area contributed by atoms with Crippen molar-refractivity contribution in [3.63, 3.8) is 0 Å². The van der Waals surface area contributed by atoms with Crippen molar-refractivity contribution >= 4 is 16.9 Å². The van der Waals surface area contributed by atoms with Gasteiger partial charge in [-0.1, -0.05) is 48.5 Å². The number of aromatic nitrogens is 5. The minimum absolute atomic E-state index is 0.300. The van der Waals surface area contributed by atoms with Crippen molar-refractivity contribution in [3.05, 3.63) is 66.2 Å². The molecule has 1 fully saturated rings. The molecule has 1 N–H and O–H groups in total. The number of anilines is 1. The van der Waals surface area contributed by atoms with Crippen molar-refractivity contribution in [3.8, 4) is 11.3 Å². The fourth-order valence-corrected chi connectivity index (χ4v) is 3.93. The summed E-state index contributed by atoms with van der Waals surface area (Å²) in [6, 6.07) is 18.6. The molecule has 0 amide bonds. The third-order valence-corrected chi connectivity index (χ3v) is 5.32. The van der Waals surface area contributed by atoms with E-state index in [2.05, 4.69) is 44.3 Å². The maximum Gasteiger partial charge on any atom is 0.226 e. The van der Waals surface area contributed by atoms with Crippen LogP contribution >= 0.6 is 0 Å². The van der Waals surface area contributed by atoms with Crippen molar-refractivity contribution in [2.75, 3.05) is 18.0 Å². The molecule has 0 saturated carbocycles. The molecule has 1 unspecified atom stereocenters. The molecule has 0 aliphatic carbocycles. The van der Waals surface area contributed by atoms with Crippen LogP contribution in [0.1, 0.15) is 30.4 Å². The van der Waals surface area contributed by atoms with Gasteiger partial charge < -0.3 is 4.90 Å². The minimum atomic E-state index is 0.300. The second-order valence-corrected chi connectivity index (χ2v) is 7.32. The first kappa shape index (κ1) is 16.9. The Morgan fingerprint density at radius 3 is 2.61 bits per heavy atom. The Balaban J connectivity index is 1.55. The maximum absolute atomic E-state index is 4.99. The molecule has 2 aromatic carbocycles. The number of rotatable bonds is 3. The Morgan fingerprint density at radius 2 is 1.79 bits per heavy atom. The van der Waals surface area contributed by atoms with Crippen molar-refractivity contribution < 1.29 is 0 Å². The van der Waals surface area contributed by atoms with Crippen LogP contribution < -0.4 is 4.90 Å². The molecule has 3 heterocycles. The fraction of sp³-hybridized carbons (Fsp3) is 0.273. The van der Waals surface area contributed by atoms with Crippen LogP contribution in [0.25, 0.3) is 22.2 Å². The van der Waals surface area contributed by atoms with E-state index in [9.17, 15) is 0 Å². The van der Waals surface area contributed by atoms with Crippen LogP contribution in [0.3, 0.4) is 0 Å². The summed E-state index contributed by atoms with van der Waals surface area (Å²) in [6.45, 7) is 3.73. The highest BCUT2D eigenvalue weighted by atomic mass is 15.3. The second-order valence-electron chi connectivity index (χ2n) is 7.32. The minimum Gasteiger partial charge on any atom is -0.340 e. The number of nitrogens with zero attached hydrogens (tertiary/aromatic N) is 5. The van der Waals surface area contributed by atoms with Crippen LogP contribution in [-0.2, 0) is 0 Å². The lowest BCUT2D eigenvalue weighted by atomic mass is 9.97. The van der Waals surface area contributed by atoms with Gasteiger partial charge in [0.05, 0.1) is 11.2 Å². The molecule has 1 aliphatic heterocycles. The lowest BCUT2D eigenvalue weighted by Gasteiger charge is -2.31. The van der Waals surface area contributed by atoms with Crippen LogP contribution in [0, 0.1) is 6.92 Å². The molecular formula is C22H22N6. The van der Waals surface area contributed by atoms with Gasteiger partial charge in [-0.15, -0.1) is 0 Å². The van der Waals surface area contributed by atoms with E-state index in [0.717, 1.165) is 65.7 Å². The highest BCUT2D eigenvalue weighted by Gasteiger charge is 2.26. The Kier molecular flexibility index (Phi) is 4.24. The Labute approximate surface area is 163 Å². The van der Waals surface area contributed by atoms with Gasteiger partial charge in [0, 0.05) is 30.0 Å². The number of fused-ring (bicyclic) bond motifs is 1. The number of benzene rings is 2. The number of H-pyrrole nitrogens is 1. The summed E-state index contributed by atoms with van der Waals surface area (Å²) in [4.78, 5) is 16.7. The zero-order valence-corrected chi connectivity index (χ0v) is 15.8. The van der Waals surface area contributed by atoms with Crippen molar-refractivity contribution in [2.45, 2.75) is 25.7 Å². The van der Waals surface area contributed by atoms with E-state index >= 15 is 0 Å². The highest BCUT2D eigenvalue weighted by molar-refractivity contribution is 5.93. The zero-order chi connectivity index (χ0) is 18.9. The van der Waals surface area contributed by atoms with Crippen LogP contribution in [0.4, 0.5) is 5.95 Å². The van der Waals surface area contributed by atoms with Crippen LogP contribution in [0.15, 0.2) is 54.6 Å². The van der Waals surface area contributed by atoms with Crippen LogP contribution in [0.2, 0.25) is 0 Å². The molecule has 0 bridgehead atoms. The average molecular weight is 370 g/mol. The van der Waals surface area contributed by atoms with Gasteiger partial charge in [0.2, 0.25) is 5.95 Å². The normalized spacial score (nSPS) is 17.2. The van der Waals surface area contributed by atoms with Crippen LogP contribution in [-0.4, -0.2) is 38.2 Å². The molecule has 0 spiro atoms. The predicted molar refractivity (Wildman–Crippen MR) is 110 cm³/mol. The van der Waals surface area contributed by atoms with Crippen LogP contribution in [0.5, 0.6) is 0 Å². The SMILES string of the molecule is Cc1nc(C2CCCN(c3nc(-c4ccccc4)c4ccccc4n3)C2)n[nH]1. The molecule has 28 heavy (non-hydrogen) atoms. The van der Waals surface area contributed by atoms with Gasteiger partial charge in [-0.05, 0) is 25.8 Å². The quantitative estimate of drug-likeness (QED) is 0.588. The number of nitrogens with one attached hydrogen (secondary N) is 1. The Hall–Kier alpha value is -3.28. The summed E-state index contributed by atoms with van der Waals surface area (Å²) in [5.74, 6) is 2.84. The van der Waals surface area contributed by atoms with Crippen molar-refractivity contribution in [1.29, 1.82) is 0 Å². The molecule has 0 radical (unpaired) electrons. The summed E-state index contributed by atoms with van der Waals surface area (Å²) in [5.41, 5.74) is 3.07. The molecule has 2 aromatic heterocycles. The summed E-state index contributed by atoms with van der Waals surface area (Å²) in [6.07, 6.45) is 2.17. The van der Waals surface area contributed by atoms with Gasteiger partial charge in [-0.25, -0.2) is 15.0 Å². The third-order valence-electron chi connectivity index (χ3n) is 5.32. The molecule has 5 rings (SSSR count). The zero-order valence-electron chi connectivity index (χ0n) is 15.8. The van der Waals surface area contributed by atoms with Crippen molar-refractivity contribution in [2.24, 2.45) is 0 Å². The fourth-order valence-electron chi connectivity index (χ4n) is 3.93. The monoisotopic (exact) mass is 370 g/mol. The topological polar surface area (TPSA) is 70.6 Å². The number of para-hydroxylation sites is 1. The average Bonchev–Trinajstić information content (AvgIpc) is 3.20. The molecule has 1 aliphatic rings. The van der Waals surface area contributed by atoms with E-state index in [4.69, 9.17) is 9.97 Å². The lowest BCUT2D eigenvalue weighted by molar-refractivity contribution is 0.487. The molecule has 6 nitrogen and oxygen atoms in total. The summed E-state index contributed by atoms with van der Waals surface area (Å²) >= 11 is 0. The number of piperidine rings is 1. The van der Waals surface area contributed by atoms with Gasteiger partial charge in [0.25, 0.3) is 0 Å². The van der Waals surface area contributed by atoms with Gasteiger partial charge in [0.1, 0.15) is 5.82 Å². The molecule has 1 atom stereocenters. The van der Waals surface area contributed by atoms with E-state index in [1.807, 2.05) is 37.3 Å². The number of hydrogen-bond donors (Lipinski definition) is 1. The van der Waals surface area contributed by atoms with Gasteiger partial charge in [0.15, 0.2) is 5.82 Å². The highest BCUT2D eigenvalue weighted by Crippen LogP contribution is 2.31. The molecule has 6 heteroatoms. The molecule has 4 aromatic rings. The first-order valence-corrected chi connectivity index (χ1v) is 9.74. The standard InChI is InChI=1S/C22H22N6/c1-15-23-21(27-26-15)17-10-7-13-28(14-17)22-24-19-12-6-5-11-18(19)20(25-22)16-8-3-2-4-9-16/h2-6,8-9,11-12,17H,7,10,13-14H2,1H3,(H,23,26,27). The number of aryl methyl sites for hydroxylation is 1. The van der Waals surface area contributed by atoms with Gasteiger partial charge in [-0.3, -0.25) is 5.10 Å². The maximum atomic E-state index is 4.99. The van der Waals surface area contributed by atoms with Crippen molar-refractivity contribution in [1.82, 2.24) is 25.1 Å². The van der Waals surface area contributed by atoms with E-state index < -0.39 is 0 Å². The Bertz CT molecular complexity index is 1100. The number of hydrogen-bond acceptors (Lipinski definition) is 5. The first-order valence-electron chi connectivity index (χ1n) is 9.74. The lowest BCUT2D eigenvalue weighted by Crippen LogP contribution is -2.36. The van der Waals surface area contributed by atoms with E-state index in [1.54, 1.807) is 0 Å². The van der Waals surface area contributed by atoms with E-state index in [-0.39, 0.29) is 0 Å². The van der Waals surface area contributed by atoms with E-state index in [0.29, 0.717) is 5.92 Å². The third kappa shape index (κ3) is 3.11. The summed E-state index contributed by atoms with van der Waals surface area (Å²) < 4.78 is 0. The summed E-state index contributed by atoms with van der Waals surface area (Å²) in [7, 11) is 0. The largest absolute Gasteiger partial charge is 0.340 e. The van der Waals surface area contributed by atoms with Gasteiger partial charge in [-0.2, -0.15) is 5.10 Å². The molecule has 1 saturated heterocycles. The summed E-state index contributed by atoms with van der Waals surface area (Å²) in [5, 5.41) is 8.42. The van der Waals surface area contributed by atoms with Gasteiger partial charge >= 0.3 is 0 Å². The first-order chi connectivity index (χ1) is 13.8. The molecular weight excluding hydrogens is 348 g/mol. The predicted octanol–water partition coefficient (Wildman–Crippen LogP) is 4.11.